The molecular formula is C15H31N3O2S. The van der Waals surface area contributed by atoms with Crippen molar-refractivity contribution in [1.82, 2.24) is 8.61 Å². The van der Waals surface area contributed by atoms with Crippen molar-refractivity contribution in [1.29, 1.82) is 0 Å². The van der Waals surface area contributed by atoms with Gasteiger partial charge in [-0.2, -0.15) is 17.0 Å². The van der Waals surface area contributed by atoms with Crippen molar-refractivity contribution in [2.24, 2.45) is 11.7 Å². The molecule has 21 heavy (non-hydrogen) atoms. The second kappa shape index (κ2) is 6.94. The Morgan fingerprint density at radius 1 is 1.19 bits per heavy atom. The normalized spacial score (nSPS) is 28.5. The summed E-state index contributed by atoms with van der Waals surface area (Å²) in [6.45, 7) is 3.85. The highest BCUT2D eigenvalue weighted by atomic mass is 32.2. The van der Waals surface area contributed by atoms with Gasteiger partial charge in [0.15, 0.2) is 0 Å². The number of nitrogens with two attached hydrogens (primary N) is 1. The van der Waals surface area contributed by atoms with Gasteiger partial charge in [0.1, 0.15) is 0 Å². The zero-order valence-corrected chi connectivity index (χ0v) is 14.4. The quantitative estimate of drug-likeness (QED) is 0.806. The van der Waals surface area contributed by atoms with E-state index >= 15 is 0 Å². The summed E-state index contributed by atoms with van der Waals surface area (Å²) in [6, 6.07) is 0. The van der Waals surface area contributed by atoms with Crippen molar-refractivity contribution in [3.63, 3.8) is 0 Å². The van der Waals surface area contributed by atoms with Crippen molar-refractivity contribution >= 4 is 10.2 Å². The van der Waals surface area contributed by atoms with Crippen LogP contribution in [0.5, 0.6) is 0 Å². The zero-order valence-electron chi connectivity index (χ0n) is 13.6. The van der Waals surface area contributed by atoms with E-state index in [2.05, 4.69) is 6.92 Å². The van der Waals surface area contributed by atoms with E-state index in [1.807, 2.05) is 0 Å². The van der Waals surface area contributed by atoms with Gasteiger partial charge in [0.05, 0.1) is 0 Å². The van der Waals surface area contributed by atoms with E-state index in [1.165, 1.54) is 12.8 Å². The molecule has 1 atom stereocenters. The van der Waals surface area contributed by atoms with Gasteiger partial charge < -0.3 is 5.73 Å². The minimum Gasteiger partial charge on any atom is -0.329 e. The molecule has 1 saturated carbocycles. The highest BCUT2D eigenvalue weighted by Gasteiger charge is 2.43. The van der Waals surface area contributed by atoms with E-state index < -0.39 is 10.2 Å². The van der Waals surface area contributed by atoms with Crippen LogP contribution in [0.2, 0.25) is 0 Å². The second-order valence-corrected chi connectivity index (χ2v) is 8.88. The van der Waals surface area contributed by atoms with Crippen molar-refractivity contribution in [2.45, 2.75) is 63.8 Å². The number of likely N-dealkylation sites (N-methyl/N-ethyl adjacent to an activating group) is 1. The predicted molar refractivity (Wildman–Crippen MR) is 86.1 cm³/mol. The molecule has 0 radical (unpaired) electrons. The second-order valence-electron chi connectivity index (χ2n) is 6.92. The lowest BCUT2D eigenvalue weighted by atomic mass is 9.90. The summed E-state index contributed by atoms with van der Waals surface area (Å²) in [4.78, 5) is 0. The maximum absolute atomic E-state index is 13.0. The minimum absolute atomic E-state index is 0.379. The van der Waals surface area contributed by atoms with Crippen LogP contribution in [0.1, 0.15) is 58.3 Å². The molecule has 2 aliphatic rings. The first-order chi connectivity index (χ1) is 9.92. The third kappa shape index (κ3) is 3.60. The van der Waals surface area contributed by atoms with Gasteiger partial charge in [0, 0.05) is 32.2 Å². The summed E-state index contributed by atoms with van der Waals surface area (Å²) in [5.74, 6) is 0.449. The summed E-state index contributed by atoms with van der Waals surface area (Å²) in [6.07, 6.45) is 8.40. The van der Waals surface area contributed by atoms with Gasteiger partial charge >= 0.3 is 0 Å². The first kappa shape index (κ1) is 17.2. The van der Waals surface area contributed by atoms with Crippen LogP contribution in [0.3, 0.4) is 0 Å². The van der Waals surface area contributed by atoms with E-state index in [0.717, 1.165) is 38.5 Å². The molecule has 1 unspecified atom stereocenters. The molecule has 2 rings (SSSR count). The van der Waals surface area contributed by atoms with Crippen LogP contribution in [0.25, 0.3) is 0 Å². The van der Waals surface area contributed by atoms with Gasteiger partial charge in [-0.05, 0) is 31.6 Å². The molecule has 124 valence electrons. The first-order valence-corrected chi connectivity index (χ1v) is 9.76. The average molecular weight is 317 g/mol. The lowest BCUT2D eigenvalue weighted by Gasteiger charge is -2.43. The van der Waals surface area contributed by atoms with Crippen molar-refractivity contribution in [3.05, 3.63) is 0 Å². The molecule has 1 aliphatic carbocycles. The maximum atomic E-state index is 13.0. The van der Waals surface area contributed by atoms with Crippen LogP contribution in [-0.2, 0) is 10.2 Å². The summed E-state index contributed by atoms with van der Waals surface area (Å²) in [5, 5.41) is 0. The third-order valence-electron chi connectivity index (χ3n) is 5.37. The lowest BCUT2D eigenvalue weighted by Crippen LogP contribution is -2.58. The van der Waals surface area contributed by atoms with E-state index in [-0.39, 0.29) is 5.54 Å². The fourth-order valence-corrected chi connectivity index (χ4v) is 5.70. The van der Waals surface area contributed by atoms with Crippen LogP contribution >= 0.6 is 0 Å². The molecular weight excluding hydrogens is 286 g/mol. The number of piperidine rings is 1. The molecule has 2 N–H and O–H groups in total. The Balaban J connectivity index is 2.20. The standard InChI is InChI=1S/C15H31N3O2S/c1-14-8-7-11-18(12-14)21(19,20)17(2)15(13-16)9-5-3-4-6-10-15/h14H,3-13,16H2,1-2H3. The number of hydrogen-bond acceptors (Lipinski definition) is 3. The third-order valence-corrected chi connectivity index (χ3v) is 7.44. The Bertz CT molecular complexity index is 430. The topological polar surface area (TPSA) is 66.6 Å². The Labute approximate surface area is 130 Å². The molecule has 6 heteroatoms. The highest BCUT2D eigenvalue weighted by molar-refractivity contribution is 7.86. The summed E-state index contributed by atoms with van der Waals surface area (Å²) >= 11 is 0. The van der Waals surface area contributed by atoms with Crippen LogP contribution in [0, 0.1) is 5.92 Å². The van der Waals surface area contributed by atoms with Gasteiger partial charge in [0.2, 0.25) is 0 Å². The molecule has 0 aromatic rings. The zero-order chi connectivity index (χ0) is 15.5. The molecule has 0 amide bonds. The molecule has 0 aromatic carbocycles. The van der Waals surface area contributed by atoms with Crippen LogP contribution in [0.15, 0.2) is 0 Å². The molecule has 0 bridgehead atoms. The first-order valence-electron chi connectivity index (χ1n) is 8.36. The minimum atomic E-state index is -3.39. The smallest absolute Gasteiger partial charge is 0.282 e. The average Bonchev–Trinajstić information content (AvgIpc) is 2.72. The number of rotatable bonds is 4. The van der Waals surface area contributed by atoms with E-state index in [9.17, 15) is 8.42 Å². The largest absolute Gasteiger partial charge is 0.329 e. The SMILES string of the molecule is CC1CCCN(S(=O)(=O)N(C)C2(CN)CCCCCC2)C1. The van der Waals surface area contributed by atoms with E-state index in [1.54, 1.807) is 15.7 Å². The monoisotopic (exact) mass is 317 g/mol. The van der Waals surface area contributed by atoms with Crippen LogP contribution in [0.4, 0.5) is 0 Å². The Morgan fingerprint density at radius 3 is 2.33 bits per heavy atom. The predicted octanol–water partition coefficient (Wildman–Crippen LogP) is 1.95. The van der Waals surface area contributed by atoms with Crippen LogP contribution < -0.4 is 5.73 Å². The van der Waals surface area contributed by atoms with Gasteiger partial charge in [-0.1, -0.05) is 32.6 Å². The molecule has 2 fully saturated rings. The fraction of sp³-hybridized carbons (Fsp3) is 1.00. The van der Waals surface area contributed by atoms with Gasteiger partial charge in [-0.15, -0.1) is 0 Å². The van der Waals surface area contributed by atoms with Crippen molar-refractivity contribution < 1.29 is 8.42 Å². The molecule has 1 saturated heterocycles. The van der Waals surface area contributed by atoms with E-state index in [4.69, 9.17) is 5.73 Å². The number of hydrogen-bond donors (Lipinski definition) is 1. The van der Waals surface area contributed by atoms with Gasteiger partial charge in [-0.3, -0.25) is 0 Å². The number of nitrogens with zero attached hydrogens (tertiary/aromatic N) is 2. The summed E-state index contributed by atoms with van der Waals surface area (Å²) < 4.78 is 29.3. The fourth-order valence-electron chi connectivity index (χ4n) is 3.81. The van der Waals surface area contributed by atoms with Gasteiger partial charge in [-0.25, -0.2) is 0 Å². The van der Waals surface area contributed by atoms with E-state index in [0.29, 0.717) is 25.6 Å². The Kier molecular flexibility index (Phi) is 5.68. The highest BCUT2D eigenvalue weighted by Crippen LogP contribution is 2.34. The molecule has 1 heterocycles. The van der Waals surface area contributed by atoms with Crippen LogP contribution in [-0.4, -0.2) is 49.2 Å². The molecule has 0 aromatic heterocycles. The molecule has 0 spiro atoms. The van der Waals surface area contributed by atoms with Gasteiger partial charge in [0.25, 0.3) is 10.2 Å². The van der Waals surface area contributed by atoms with Crippen molar-refractivity contribution in [3.8, 4) is 0 Å². The molecule has 5 nitrogen and oxygen atoms in total. The summed E-state index contributed by atoms with van der Waals surface area (Å²) in [5.41, 5.74) is 5.66. The maximum Gasteiger partial charge on any atom is 0.282 e. The Morgan fingerprint density at radius 2 is 1.81 bits per heavy atom. The van der Waals surface area contributed by atoms with Crippen molar-refractivity contribution in [2.75, 3.05) is 26.7 Å². The Hall–Kier alpha value is -0.170. The molecule has 1 aliphatic heterocycles. The summed E-state index contributed by atoms with van der Waals surface area (Å²) in [7, 11) is -1.65. The lowest BCUT2D eigenvalue weighted by molar-refractivity contribution is 0.173.